The van der Waals surface area contributed by atoms with Gasteiger partial charge in [-0.1, -0.05) is 6.07 Å². The first-order chi connectivity index (χ1) is 16.2. The second-order valence-electron chi connectivity index (χ2n) is 9.26. The van der Waals surface area contributed by atoms with Gasteiger partial charge < -0.3 is 19.7 Å². The second kappa shape index (κ2) is 10.0. The zero-order valence-corrected chi connectivity index (χ0v) is 19.5. The Morgan fingerprint density at radius 3 is 2.39 bits per heavy atom. The van der Waals surface area contributed by atoms with Gasteiger partial charge in [0.05, 0.1) is 6.04 Å². The molecule has 0 aliphatic carbocycles. The second-order valence-corrected chi connectivity index (χ2v) is 9.26. The number of piperazine rings is 1. The van der Waals surface area contributed by atoms with Gasteiger partial charge in [0, 0.05) is 57.2 Å². The van der Waals surface area contributed by atoms with E-state index in [1.54, 1.807) is 0 Å². The molecule has 7 heteroatoms. The summed E-state index contributed by atoms with van der Waals surface area (Å²) in [6.45, 7) is 9.10. The van der Waals surface area contributed by atoms with Crippen LogP contribution in [0.15, 0.2) is 42.5 Å². The first-order valence-corrected chi connectivity index (χ1v) is 12.2. The number of nitrogens with one attached hydrogen (secondary N) is 1. The predicted molar refractivity (Wildman–Crippen MR) is 130 cm³/mol. The summed E-state index contributed by atoms with van der Waals surface area (Å²) in [5.74, 6) is 1.72. The van der Waals surface area contributed by atoms with Crippen LogP contribution < -0.4 is 19.7 Å². The number of ether oxygens (including phenoxy) is 2. The van der Waals surface area contributed by atoms with Gasteiger partial charge in [0.25, 0.3) is 0 Å². The highest BCUT2D eigenvalue weighted by Gasteiger charge is 2.26. The zero-order valence-electron chi connectivity index (χ0n) is 19.5. The van der Waals surface area contributed by atoms with Crippen LogP contribution in [-0.4, -0.2) is 67.8 Å². The molecule has 176 valence electrons. The number of carbonyl (C=O) groups is 1. The number of hydrogen-bond acceptors (Lipinski definition) is 6. The summed E-state index contributed by atoms with van der Waals surface area (Å²) in [7, 11) is 0. The van der Waals surface area contributed by atoms with Crippen molar-refractivity contribution in [3.8, 4) is 11.5 Å². The van der Waals surface area contributed by atoms with Gasteiger partial charge in [-0.3, -0.25) is 14.6 Å². The molecule has 0 spiro atoms. The van der Waals surface area contributed by atoms with Gasteiger partial charge in [-0.25, -0.2) is 0 Å². The zero-order chi connectivity index (χ0) is 22.6. The average molecular weight is 451 g/mol. The lowest BCUT2D eigenvalue weighted by Gasteiger charge is -2.37. The van der Waals surface area contributed by atoms with Crippen LogP contribution in [0.5, 0.6) is 11.5 Å². The van der Waals surface area contributed by atoms with Gasteiger partial charge in [0.2, 0.25) is 12.7 Å². The fraction of sp³-hybridized carbons (Fsp3) is 0.500. The van der Waals surface area contributed by atoms with Gasteiger partial charge in [-0.05, 0) is 68.1 Å². The molecule has 1 N–H and O–H groups in total. The summed E-state index contributed by atoms with van der Waals surface area (Å²) in [6, 6.07) is 14.3. The lowest BCUT2D eigenvalue weighted by atomic mass is 10.1. The standard InChI is InChI=1S/C26H34N4O3/c1-20(26(31)27-22-6-8-23(9-7-22)30-11-3-2-4-12-30)29-15-13-28(14-16-29)18-21-5-10-24-25(17-21)33-19-32-24/h5-10,17,20H,2-4,11-16,18-19H2,1H3,(H,27,31)/t20-/m0/s1. The molecule has 0 aromatic heterocycles. The summed E-state index contributed by atoms with van der Waals surface area (Å²) >= 11 is 0. The van der Waals surface area contributed by atoms with E-state index in [1.165, 1.54) is 30.5 Å². The molecule has 0 unspecified atom stereocenters. The molecule has 2 saturated heterocycles. The van der Waals surface area contributed by atoms with Crippen LogP contribution in [0.25, 0.3) is 0 Å². The first-order valence-electron chi connectivity index (χ1n) is 12.2. The number of fused-ring (bicyclic) bond motifs is 1. The molecule has 3 heterocycles. The Kier molecular flexibility index (Phi) is 6.69. The van der Waals surface area contributed by atoms with Crippen LogP contribution in [0.4, 0.5) is 11.4 Å². The maximum Gasteiger partial charge on any atom is 0.241 e. The Labute approximate surface area is 196 Å². The van der Waals surface area contributed by atoms with E-state index in [4.69, 9.17) is 9.47 Å². The molecule has 2 fully saturated rings. The van der Waals surface area contributed by atoms with E-state index < -0.39 is 0 Å². The summed E-state index contributed by atoms with van der Waals surface area (Å²) < 4.78 is 10.9. The highest BCUT2D eigenvalue weighted by molar-refractivity contribution is 5.94. The summed E-state index contributed by atoms with van der Waals surface area (Å²) in [5, 5.41) is 3.11. The highest BCUT2D eigenvalue weighted by atomic mass is 16.7. The Bertz CT molecular complexity index is 951. The summed E-state index contributed by atoms with van der Waals surface area (Å²) in [6.07, 6.45) is 3.86. The van der Waals surface area contributed by atoms with Crippen molar-refractivity contribution in [2.75, 3.05) is 56.3 Å². The third-order valence-electron chi connectivity index (χ3n) is 7.03. The SMILES string of the molecule is C[C@@H](C(=O)Nc1ccc(N2CCCCC2)cc1)N1CCN(Cc2ccc3c(c2)OCO3)CC1. The van der Waals surface area contributed by atoms with E-state index in [0.29, 0.717) is 6.79 Å². The van der Waals surface area contributed by atoms with Gasteiger partial charge in [0.1, 0.15) is 0 Å². The average Bonchev–Trinajstić information content (AvgIpc) is 3.33. The molecule has 2 aromatic carbocycles. The van der Waals surface area contributed by atoms with Crippen LogP contribution in [-0.2, 0) is 11.3 Å². The Balaban J connectivity index is 1.09. The molecule has 0 bridgehead atoms. The molecular weight excluding hydrogens is 416 g/mol. The van der Waals surface area contributed by atoms with Crippen molar-refractivity contribution in [3.05, 3.63) is 48.0 Å². The van der Waals surface area contributed by atoms with E-state index >= 15 is 0 Å². The van der Waals surface area contributed by atoms with Gasteiger partial charge in [0.15, 0.2) is 11.5 Å². The van der Waals surface area contributed by atoms with Gasteiger partial charge in [-0.2, -0.15) is 0 Å². The maximum atomic E-state index is 12.9. The lowest BCUT2D eigenvalue weighted by molar-refractivity contribution is -0.121. The van der Waals surface area contributed by atoms with Gasteiger partial charge in [-0.15, -0.1) is 0 Å². The predicted octanol–water partition coefficient (Wildman–Crippen LogP) is 3.55. The van der Waals surface area contributed by atoms with E-state index in [2.05, 4.69) is 44.3 Å². The van der Waals surface area contributed by atoms with E-state index in [-0.39, 0.29) is 11.9 Å². The number of piperidine rings is 1. The third-order valence-corrected chi connectivity index (χ3v) is 7.03. The molecular formula is C26H34N4O3. The van der Waals surface area contributed by atoms with Crippen LogP contribution in [0.2, 0.25) is 0 Å². The minimum atomic E-state index is -0.153. The molecule has 1 amide bonds. The fourth-order valence-electron chi connectivity index (χ4n) is 4.93. The smallest absolute Gasteiger partial charge is 0.241 e. The molecule has 2 aromatic rings. The topological polar surface area (TPSA) is 57.3 Å². The fourth-order valence-corrected chi connectivity index (χ4v) is 4.93. The number of rotatable bonds is 6. The molecule has 5 rings (SSSR count). The van der Waals surface area contributed by atoms with Crippen molar-refractivity contribution >= 4 is 17.3 Å². The van der Waals surface area contributed by atoms with E-state index in [0.717, 1.165) is 63.0 Å². The molecule has 3 aliphatic heterocycles. The summed E-state index contributed by atoms with van der Waals surface area (Å²) in [4.78, 5) is 20.0. The first kappa shape index (κ1) is 22.0. The number of amides is 1. The van der Waals surface area contributed by atoms with Gasteiger partial charge >= 0.3 is 0 Å². The van der Waals surface area contributed by atoms with E-state index in [9.17, 15) is 4.79 Å². The Hall–Kier alpha value is -2.77. The lowest BCUT2D eigenvalue weighted by Crippen LogP contribution is -2.52. The minimum absolute atomic E-state index is 0.0601. The monoisotopic (exact) mass is 450 g/mol. The van der Waals surface area contributed by atoms with Crippen molar-refractivity contribution in [1.29, 1.82) is 0 Å². The molecule has 1 atom stereocenters. The largest absolute Gasteiger partial charge is 0.454 e. The van der Waals surface area contributed by atoms with Crippen molar-refractivity contribution in [2.24, 2.45) is 0 Å². The number of anilines is 2. The summed E-state index contributed by atoms with van der Waals surface area (Å²) in [5.41, 5.74) is 3.35. The van der Waals surface area contributed by atoms with Crippen molar-refractivity contribution in [3.63, 3.8) is 0 Å². The van der Waals surface area contributed by atoms with Crippen molar-refractivity contribution in [2.45, 2.75) is 38.8 Å². The Morgan fingerprint density at radius 1 is 0.909 bits per heavy atom. The molecule has 3 aliphatic rings. The van der Waals surface area contributed by atoms with E-state index in [1.807, 2.05) is 25.1 Å². The molecule has 0 saturated carbocycles. The van der Waals surface area contributed by atoms with Crippen LogP contribution >= 0.6 is 0 Å². The number of hydrogen-bond donors (Lipinski definition) is 1. The van der Waals surface area contributed by atoms with Crippen molar-refractivity contribution < 1.29 is 14.3 Å². The number of carbonyl (C=O) groups excluding carboxylic acids is 1. The Morgan fingerprint density at radius 2 is 1.64 bits per heavy atom. The van der Waals surface area contributed by atoms with Crippen LogP contribution in [0, 0.1) is 0 Å². The van der Waals surface area contributed by atoms with Crippen molar-refractivity contribution in [1.82, 2.24) is 9.80 Å². The molecule has 0 radical (unpaired) electrons. The molecule has 33 heavy (non-hydrogen) atoms. The normalized spacial score (nSPS) is 20.0. The molecule has 7 nitrogen and oxygen atoms in total. The van der Waals surface area contributed by atoms with Crippen LogP contribution in [0.1, 0.15) is 31.7 Å². The quantitative estimate of drug-likeness (QED) is 0.727. The maximum absolute atomic E-state index is 12.9. The number of benzene rings is 2. The van der Waals surface area contributed by atoms with Crippen LogP contribution in [0.3, 0.4) is 0 Å². The number of nitrogens with zero attached hydrogens (tertiary/aromatic N) is 3. The minimum Gasteiger partial charge on any atom is -0.454 e. The highest BCUT2D eigenvalue weighted by Crippen LogP contribution is 2.33. The third kappa shape index (κ3) is 5.25.